The number of nitrogen functional groups attached to an aromatic ring is 1. The molecule has 0 aliphatic carbocycles. The highest BCUT2D eigenvalue weighted by atomic mass is 16.2. The molecule has 0 spiro atoms. The second-order valence-electron chi connectivity index (χ2n) is 10.9. The number of carbonyl (C=O) groups is 3. The Morgan fingerprint density at radius 3 is 1.98 bits per heavy atom. The number of hydrogen-bond donors (Lipinski definition) is 7. The minimum absolute atomic E-state index is 0.0436. The number of guanidine groups is 1. The van der Waals surface area contributed by atoms with Gasteiger partial charge in [-0.05, 0) is 55.7 Å². The number of nitrogens with one attached hydrogen (secondary N) is 3. The van der Waals surface area contributed by atoms with Crippen molar-refractivity contribution in [1.82, 2.24) is 10.6 Å². The van der Waals surface area contributed by atoms with Crippen LogP contribution in [0.4, 0.5) is 0 Å². The van der Waals surface area contributed by atoms with Gasteiger partial charge in [0.05, 0.1) is 5.41 Å². The lowest BCUT2D eigenvalue weighted by atomic mass is 9.76. The SMILES string of the molecule is C[C@](Cc1ccc(C(=N)N)cc1)(C(=O)N[C@@H](CCc1ccccc1)C(=O)N[C@@H](CCCN=C(N)N)C(N)=O)c1ccccc1. The van der Waals surface area contributed by atoms with Crippen molar-refractivity contribution >= 4 is 29.5 Å². The first kappa shape index (κ1) is 33.3. The van der Waals surface area contributed by atoms with Crippen molar-refractivity contribution in [3.8, 4) is 0 Å². The Balaban J connectivity index is 1.87. The molecular formula is C33H42N8O3. The molecular weight excluding hydrogens is 556 g/mol. The molecule has 0 saturated carbocycles. The molecule has 232 valence electrons. The summed E-state index contributed by atoms with van der Waals surface area (Å²) in [7, 11) is 0. The fourth-order valence-electron chi connectivity index (χ4n) is 4.93. The molecule has 0 aliphatic rings. The average Bonchev–Trinajstić information content (AvgIpc) is 3.01. The maximum Gasteiger partial charge on any atom is 0.243 e. The van der Waals surface area contributed by atoms with Crippen molar-refractivity contribution in [1.29, 1.82) is 5.41 Å². The highest BCUT2D eigenvalue weighted by molar-refractivity contribution is 5.96. The number of aryl methyl sites for hydroxylation is 1. The first-order valence-electron chi connectivity index (χ1n) is 14.5. The van der Waals surface area contributed by atoms with Gasteiger partial charge in [0.15, 0.2) is 5.96 Å². The average molecular weight is 599 g/mol. The van der Waals surface area contributed by atoms with E-state index in [9.17, 15) is 14.4 Å². The molecule has 0 heterocycles. The molecule has 0 unspecified atom stereocenters. The first-order chi connectivity index (χ1) is 21.0. The Labute approximate surface area is 258 Å². The molecule has 3 aromatic rings. The minimum atomic E-state index is -1.06. The van der Waals surface area contributed by atoms with Gasteiger partial charge in [0.1, 0.15) is 17.9 Å². The van der Waals surface area contributed by atoms with Crippen LogP contribution in [-0.2, 0) is 32.6 Å². The van der Waals surface area contributed by atoms with Gasteiger partial charge in [-0.3, -0.25) is 24.8 Å². The van der Waals surface area contributed by atoms with Gasteiger partial charge in [-0.15, -0.1) is 0 Å². The zero-order chi connectivity index (χ0) is 32.1. The van der Waals surface area contributed by atoms with Crippen LogP contribution in [0.5, 0.6) is 0 Å². The van der Waals surface area contributed by atoms with E-state index in [1.807, 2.05) is 79.7 Å². The van der Waals surface area contributed by atoms with Gasteiger partial charge in [0.25, 0.3) is 0 Å². The largest absolute Gasteiger partial charge is 0.384 e. The Morgan fingerprint density at radius 2 is 1.41 bits per heavy atom. The monoisotopic (exact) mass is 598 g/mol. The van der Waals surface area contributed by atoms with Crippen molar-refractivity contribution in [2.75, 3.05) is 6.54 Å². The number of primary amides is 1. The van der Waals surface area contributed by atoms with Gasteiger partial charge in [-0.2, -0.15) is 0 Å². The first-order valence-corrected chi connectivity index (χ1v) is 14.5. The van der Waals surface area contributed by atoms with Crippen LogP contribution in [0.25, 0.3) is 0 Å². The molecule has 3 amide bonds. The van der Waals surface area contributed by atoms with Crippen molar-refractivity contribution in [3.63, 3.8) is 0 Å². The summed E-state index contributed by atoms with van der Waals surface area (Å²) in [6, 6.07) is 24.2. The fourth-order valence-corrected chi connectivity index (χ4v) is 4.93. The summed E-state index contributed by atoms with van der Waals surface area (Å²) in [6.45, 7) is 2.11. The predicted octanol–water partition coefficient (Wildman–Crippen LogP) is 1.61. The maximum atomic E-state index is 14.2. The molecule has 0 saturated heterocycles. The molecule has 0 aliphatic heterocycles. The number of benzene rings is 3. The Hall–Kier alpha value is -5.19. The van der Waals surface area contributed by atoms with Crippen molar-refractivity contribution in [2.45, 2.75) is 56.5 Å². The molecule has 3 atom stereocenters. The molecule has 0 fully saturated rings. The van der Waals surface area contributed by atoms with E-state index >= 15 is 0 Å². The Morgan fingerprint density at radius 1 is 0.795 bits per heavy atom. The summed E-state index contributed by atoms with van der Waals surface area (Å²) in [5, 5.41) is 13.4. The van der Waals surface area contributed by atoms with Crippen LogP contribution < -0.4 is 33.6 Å². The third-order valence-corrected chi connectivity index (χ3v) is 7.53. The number of amides is 3. The van der Waals surface area contributed by atoms with E-state index in [1.54, 1.807) is 12.1 Å². The van der Waals surface area contributed by atoms with Gasteiger partial charge < -0.3 is 33.6 Å². The lowest BCUT2D eigenvalue weighted by molar-refractivity contribution is -0.133. The van der Waals surface area contributed by atoms with Crippen LogP contribution in [-0.4, -0.2) is 48.1 Å². The van der Waals surface area contributed by atoms with Crippen molar-refractivity contribution in [2.24, 2.45) is 27.9 Å². The standard InChI is InChI=1S/C33H42N8O3/c1-33(25-11-6-3-7-12-25,21-23-14-17-24(18-15-23)28(34)35)31(44)41-27(19-16-22-9-4-2-5-10-22)30(43)40-26(29(36)42)13-8-20-39-32(37)38/h2-7,9-12,14-15,17-18,26-27H,8,13,16,19-21H2,1H3,(H3,34,35)(H2,36,42)(H,40,43)(H,41,44)(H4,37,38,39)/t26-,27-,33+/m0/s1. The predicted molar refractivity (Wildman–Crippen MR) is 173 cm³/mol. The molecule has 11 N–H and O–H groups in total. The normalized spacial score (nSPS) is 13.5. The number of aliphatic imine (C=N–C) groups is 1. The van der Waals surface area contributed by atoms with Gasteiger partial charge in [0, 0.05) is 12.1 Å². The van der Waals surface area contributed by atoms with E-state index in [-0.39, 0.29) is 30.7 Å². The van der Waals surface area contributed by atoms with E-state index in [2.05, 4.69) is 15.6 Å². The third-order valence-electron chi connectivity index (χ3n) is 7.53. The zero-order valence-corrected chi connectivity index (χ0v) is 25.0. The lowest BCUT2D eigenvalue weighted by Crippen LogP contribution is -2.56. The Bertz CT molecular complexity index is 1440. The third kappa shape index (κ3) is 9.69. The fraction of sp³-hybridized carbons (Fsp3) is 0.303. The van der Waals surface area contributed by atoms with E-state index < -0.39 is 29.3 Å². The van der Waals surface area contributed by atoms with Crippen LogP contribution in [0.3, 0.4) is 0 Å². The topological polar surface area (TPSA) is 216 Å². The highest BCUT2D eigenvalue weighted by Crippen LogP contribution is 2.29. The second kappa shape index (κ2) is 15.9. The summed E-state index contributed by atoms with van der Waals surface area (Å²) in [4.78, 5) is 44.0. The second-order valence-corrected chi connectivity index (χ2v) is 10.9. The number of rotatable bonds is 16. The lowest BCUT2D eigenvalue weighted by Gasteiger charge is -2.32. The van der Waals surface area contributed by atoms with Gasteiger partial charge >= 0.3 is 0 Å². The molecule has 44 heavy (non-hydrogen) atoms. The van der Waals surface area contributed by atoms with Gasteiger partial charge in [-0.25, -0.2) is 0 Å². The number of nitrogens with two attached hydrogens (primary N) is 4. The van der Waals surface area contributed by atoms with Crippen LogP contribution in [0.1, 0.15) is 48.4 Å². The minimum Gasteiger partial charge on any atom is -0.384 e. The van der Waals surface area contributed by atoms with E-state index in [1.165, 1.54) is 0 Å². The van der Waals surface area contributed by atoms with Gasteiger partial charge in [-0.1, -0.05) is 84.9 Å². The van der Waals surface area contributed by atoms with Crippen LogP contribution in [0.2, 0.25) is 0 Å². The molecule has 3 rings (SSSR count). The number of carbonyl (C=O) groups excluding carboxylic acids is 3. The van der Waals surface area contributed by atoms with Gasteiger partial charge in [0.2, 0.25) is 17.7 Å². The summed E-state index contributed by atoms with van der Waals surface area (Å²) in [5.41, 5.74) is 24.1. The summed E-state index contributed by atoms with van der Waals surface area (Å²) >= 11 is 0. The molecule has 11 nitrogen and oxygen atoms in total. The van der Waals surface area contributed by atoms with Crippen molar-refractivity contribution < 1.29 is 14.4 Å². The smallest absolute Gasteiger partial charge is 0.243 e. The zero-order valence-electron chi connectivity index (χ0n) is 25.0. The highest BCUT2D eigenvalue weighted by Gasteiger charge is 2.38. The molecule has 11 heteroatoms. The van der Waals surface area contributed by atoms with E-state index in [4.69, 9.17) is 28.3 Å². The van der Waals surface area contributed by atoms with Crippen LogP contribution in [0.15, 0.2) is 89.9 Å². The maximum absolute atomic E-state index is 14.2. The van der Waals surface area contributed by atoms with Crippen molar-refractivity contribution in [3.05, 3.63) is 107 Å². The molecule has 0 bridgehead atoms. The summed E-state index contributed by atoms with van der Waals surface area (Å²) in [6.07, 6.45) is 1.78. The molecule has 0 aromatic heterocycles. The quantitative estimate of drug-likeness (QED) is 0.0738. The number of nitrogens with zero attached hydrogens (tertiary/aromatic N) is 1. The molecule has 0 radical (unpaired) electrons. The van der Waals surface area contributed by atoms with Crippen LogP contribution >= 0.6 is 0 Å². The summed E-state index contributed by atoms with van der Waals surface area (Å²) < 4.78 is 0. The number of amidine groups is 1. The van der Waals surface area contributed by atoms with E-state index in [0.29, 0.717) is 31.2 Å². The number of hydrogen-bond acceptors (Lipinski definition) is 5. The molecule has 3 aromatic carbocycles. The summed E-state index contributed by atoms with van der Waals surface area (Å²) in [5.74, 6) is -1.67. The Kier molecular flexibility index (Phi) is 12.0. The van der Waals surface area contributed by atoms with Crippen LogP contribution in [0, 0.1) is 5.41 Å². The van der Waals surface area contributed by atoms with E-state index in [0.717, 1.165) is 16.7 Å².